The van der Waals surface area contributed by atoms with Crippen molar-refractivity contribution in [3.8, 4) is 28.1 Å². The van der Waals surface area contributed by atoms with E-state index in [4.69, 9.17) is 26.1 Å². The van der Waals surface area contributed by atoms with Gasteiger partial charge in [-0.3, -0.25) is 14.4 Å². The third-order valence-electron chi connectivity index (χ3n) is 13.6. The molecule has 3 amide bonds. The first kappa shape index (κ1) is 50.2. The third-order valence-corrected chi connectivity index (χ3v) is 13.9. The molecule has 0 spiro atoms. The Balaban J connectivity index is 1.06. The summed E-state index contributed by atoms with van der Waals surface area (Å²) in [5.41, 5.74) is 1.20. The number of hydrogen-bond acceptors (Lipinski definition) is 10. The van der Waals surface area contributed by atoms with Crippen LogP contribution in [0, 0.1) is 29.1 Å². The van der Waals surface area contributed by atoms with Gasteiger partial charge in [0.25, 0.3) is 5.91 Å². The number of amides is 3. The maximum Gasteiger partial charge on any atom is 0.573 e. The van der Waals surface area contributed by atoms with Crippen molar-refractivity contribution in [3.05, 3.63) is 77.3 Å². The number of carbonyl (C=O) groups is 4. The molecule has 3 fully saturated rings. The van der Waals surface area contributed by atoms with E-state index in [-0.39, 0.29) is 57.6 Å². The number of piperazine rings is 1. The Morgan fingerprint density at radius 3 is 2.29 bits per heavy atom. The molecule has 4 heterocycles. The Hall–Kier alpha value is -5.68. The number of pyridine rings is 1. The van der Waals surface area contributed by atoms with Gasteiger partial charge in [0.2, 0.25) is 5.91 Å². The summed E-state index contributed by atoms with van der Waals surface area (Å²) < 4.78 is 56.6. The van der Waals surface area contributed by atoms with Gasteiger partial charge in [0.1, 0.15) is 17.4 Å². The standard InChI is InChI=1S/C50H61ClF3N7O7/c1-28-8-14-36(30(3)44(62)43(59-48(65)66-7)33-16-20-67-21-17-33)37(22-28)45-56-26-39(58-45)31-9-11-32(12-10-31)42-38(51)23-34(24-40(42)68-50(52,53)54)46(63)57-35-13-15-41(55-25-35)61-19-18-60(27-29(61)2)47(64)49(4,5)6/h9-13,15,23-26,28-30,33,36-37,43H,8,14,16-22,27H2,1-7H3,(H,56,58)(H,57,63)(H,59,65)/t28-,29-,30?,36?,37-,43+/m1/s1. The first-order valence-corrected chi connectivity index (χ1v) is 23.6. The maximum absolute atomic E-state index is 14.2. The van der Waals surface area contributed by atoms with Gasteiger partial charge in [-0.05, 0) is 80.2 Å². The van der Waals surface area contributed by atoms with E-state index in [0.717, 1.165) is 31.2 Å². The summed E-state index contributed by atoms with van der Waals surface area (Å²) in [7, 11) is 1.28. The minimum Gasteiger partial charge on any atom is -0.453 e. The zero-order valence-corrected chi connectivity index (χ0v) is 40.3. The smallest absolute Gasteiger partial charge is 0.453 e. The number of H-pyrrole nitrogens is 1. The summed E-state index contributed by atoms with van der Waals surface area (Å²) >= 11 is 6.69. The number of carbonyl (C=O) groups excluding carboxylic acids is 4. The molecule has 2 aromatic heterocycles. The number of alkyl carbamates (subject to hydrolysis) is 1. The first-order chi connectivity index (χ1) is 32.2. The Morgan fingerprint density at radius 1 is 0.956 bits per heavy atom. The Kier molecular flexibility index (Phi) is 15.4. The average Bonchev–Trinajstić information content (AvgIpc) is 3.80. The van der Waals surface area contributed by atoms with Crippen LogP contribution in [0.4, 0.5) is 29.5 Å². The summed E-state index contributed by atoms with van der Waals surface area (Å²) in [4.78, 5) is 69.8. The second-order valence-corrected chi connectivity index (χ2v) is 19.9. The number of rotatable bonds is 12. The average molecular weight is 965 g/mol. The SMILES string of the molecule is COC(=O)N[C@H](C(=O)C(C)C1CC[C@@H](C)C[C@H]1c1nc(-c2ccc(-c3c(Cl)cc(C(=O)Nc4ccc(N5CCN(C(=O)C(C)(C)C)C[C@H]5C)nc4)cc3OC(F)(F)F)cc2)c[nH]1)C1CCOCC1. The number of nitrogens with zero attached hydrogens (tertiary/aromatic N) is 4. The van der Waals surface area contributed by atoms with Crippen LogP contribution >= 0.6 is 11.6 Å². The quantitative estimate of drug-likeness (QED) is 0.124. The van der Waals surface area contributed by atoms with Gasteiger partial charge >= 0.3 is 12.5 Å². The lowest BCUT2D eigenvalue weighted by Crippen LogP contribution is -2.56. The van der Waals surface area contributed by atoms with E-state index in [0.29, 0.717) is 79.9 Å². The van der Waals surface area contributed by atoms with Gasteiger partial charge in [0, 0.05) is 79.0 Å². The molecule has 4 aromatic rings. The molecular formula is C50H61ClF3N7O7. The third kappa shape index (κ3) is 11.8. The van der Waals surface area contributed by atoms with Crippen LogP contribution in [0.5, 0.6) is 5.75 Å². The number of ether oxygens (including phenoxy) is 3. The number of ketones is 1. The fourth-order valence-corrected chi connectivity index (χ4v) is 10.3. The van der Waals surface area contributed by atoms with Gasteiger partial charge in [-0.25, -0.2) is 14.8 Å². The van der Waals surface area contributed by atoms with Crippen LogP contribution in [-0.4, -0.2) is 102 Å². The van der Waals surface area contributed by atoms with Crippen LogP contribution in [-0.2, 0) is 19.1 Å². The molecule has 1 saturated carbocycles. The zero-order valence-electron chi connectivity index (χ0n) is 39.5. The molecule has 366 valence electrons. The minimum atomic E-state index is -5.10. The van der Waals surface area contributed by atoms with Crippen molar-refractivity contribution in [2.75, 3.05) is 50.2 Å². The largest absolute Gasteiger partial charge is 0.573 e. The highest BCUT2D eigenvalue weighted by atomic mass is 35.5. The number of halogens is 4. The van der Waals surface area contributed by atoms with Crippen molar-refractivity contribution in [2.24, 2.45) is 29.1 Å². The van der Waals surface area contributed by atoms with Crippen molar-refractivity contribution in [1.29, 1.82) is 0 Å². The van der Waals surface area contributed by atoms with Crippen LogP contribution in [0.3, 0.4) is 0 Å². The van der Waals surface area contributed by atoms with Gasteiger partial charge in [-0.2, -0.15) is 0 Å². The van der Waals surface area contributed by atoms with E-state index in [2.05, 4.69) is 37.2 Å². The monoisotopic (exact) mass is 963 g/mol. The second kappa shape index (κ2) is 20.9. The topological polar surface area (TPSA) is 168 Å². The molecule has 0 bridgehead atoms. The van der Waals surface area contributed by atoms with Crippen molar-refractivity contribution < 1.29 is 46.6 Å². The lowest BCUT2D eigenvalue weighted by atomic mass is 9.67. The predicted octanol–water partition coefficient (Wildman–Crippen LogP) is 9.90. The molecular weight excluding hydrogens is 903 g/mol. The molecule has 68 heavy (non-hydrogen) atoms. The van der Waals surface area contributed by atoms with Gasteiger partial charge in [-0.15, -0.1) is 13.2 Å². The molecule has 14 nitrogen and oxygen atoms in total. The fourth-order valence-electron chi connectivity index (χ4n) is 9.94. The van der Waals surface area contributed by atoms with Crippen LogP contribution in [0.15, 0.2) is 60.9 Å². The molecule has 1 aliphatic carbocycles. The van der Waals surface area contributed by atoms with Crippen molar-refractivity contribution >= 4 is 46.8 Å². The van der Waals surface area contributed by atoms with E-state index >= 15 is 0 Å². The van der Waals surface area contributed by atoms with Gasteiger partial charge in [-0.1, -0.05) is 76.9 Å². The number of imidazole rings is 1. The van der Waals surface area contributed by atoms with E-state index in [9.17, 15) is 32.3 Å². The van der Waals surface area contributed by atoms with E-state index in [1.165, 1.54) is 19.4 Å². The summed E-state index contributed by atoms with van der Waals surface area (Å²) in [5, 5.41) is 5.38. The molecule has 2 aliphatic heterocycles. The highest BCUT2D eigenvalue weighted by Gasteiger charge is 2.42. The zero-order chi connectivity index (χ0) is 49.1. The maximum atomic E-state index is 14.2. The Labute approximate surface area is 400 Å². The molecule has 0 radical (unpaired) electrons. The molecule has 3 N–H and O–H groups in total. The molecule has 2 saturated heterocycles. The summed E-state index contributed by atoms with van der Waals surface area (Å²) in [5.74, 6) is -0.138. The van der Waals surface area contributed by atoms with Crippen LogP contribution in [0.1, 0.15) is 95.7 Å². The molecule has 2 aromatic carbocycles. The van der Waals surface area contributed by atoms with E-state index in [1.54, 1.807) is 42.6 Å². The predicted molar refractivity (Wildman–Crippen MR) is 252 cm³/mol. The lowest BCUT2D eigenvalue weighted by molar-refractivity contribution is -0.274. The molecule has 7 rings (SSSR count). The summed E-state index contributed by atoms with van der Waals surface area (Å²) in [6, 6.07) is 11.6. The van der Waals surface area contributed by atoms with Crippen LogP contribution in [0.25, 0.3) is 22.4 Å². The van der Waals surface area contributed by atoms with Gasteiger partial charge < -0.3 is 39.6 Å². The number of nitrogens with one attached hydrogen (secondary N) is 3. The fraction of sp³-hybridized carbons (Fsp3) is 0.520. The van der Waals surface area contributed by atoms with Crippen LogP contribution in [0.2, 0.25) is 5.02 Å². The Morgan fingerprint density at radius 2 is 1.66 bits per heavy atom. The van der Waals surface area contributed by atoms with Gasteiger partial charge in [0.15, 0.2) is 5.78 Å². The second-order valence-electron chi connectivity index (χ2n) is 19.5. The highest BCUT2D eigenvalue weighted by molar-refractivity contribution is 6.34. The molecule has 2 unspecified atom stereocenters. The van der Waals surface area contributed by atoms with Crippen molar-refractivity contribution in [3.63, 3.8) is 0 Å². The number of benzene rings is 2. The number of methoxy groups -OCH3 is 1. The number of aromatic nitrogens is 3. The highest BCUT2D eigenvalue weighted by Crippen LogP contribution is 2.45. The first-order valence-electron chi connectivity index (χ1n) is 23.3. The molecule has 3 aliphatic rings. The number of hydrogen-bond donors (Lipinski definition) is 3. The number of anilines is 2. The summed E-state index contributed by atoms with van der Waals surface area (Å²) in [6.45, 7) is 14.5. The molecule has 6 atom stereocenters. The normalized spacial score (nSPS) is 21.4. The Bertz CT molecular complexity index is 2440. The molecule has 18 heteroatoms. The van der Waals surface area contributed by atoms with Gasteiger partial charge in [0.05, 0.1) is 35.8 Å². The van der Waals surface area contributed by atoms with Crippen LogP contribution < -0.4 is 20.3 Å². The van der Waals surface area contributed by atoms with Crippen molar-refractivity contribution in [2.45, 2.75) is 98.0 Å². The minimum absolute atomic E-state index is 0.0102. The number of Topliss-reactive ketones (excluding diaryl/α,β-unsaturated/α-hetero) is 1. The lowest BCUT2D eigenvalue weighted by Gasteiger charge is -2.42. The van der Waals surface area contributed by atoms with E-state index < -0.39 is 35.6 Å². The van der Waals surface area contributed by atoms with E-state index in [1.807, 2.05) is 39.5 Å². The van der Waals surface area contributed by atoms with Crippen molar-refractivity contribution in [1.82, 2.24) is 25.2 Å². The summed E-state index contributed by atoms with van der Waals surface area (Å²) in [6.07, 6.45) is 1.36. The number of aromatic amines is 1. The number of alkyl halides is 3.